The van der Waals surface area contributed by atoms with E-state index in [-0.39, 0.29) is 32.0 Å². The normalized spacial score (nSPS) is 25.4. The molecule has 4 aromatic carbocycles. The Morgan fingerprint density at radius 3 is 0.970 bits per heavy atom. The van der Waals surface area contributed by atoms with Crippen LogP contribution < -0.4 is 0 Å². The molecule has 2 unspecified atom stereocenters. The Morgan fingerprint density at radius 1 is 0.333 bits per heavy atom. The summed E-state index contributed by atoms with van der Waals surface area (Å²) < 4.78 is 178. The molecule has 2 aliphatic heterocycles. The molecule has 6 aromatic rings. The predicted octanol–water partition coefficient (Wildman–Crippen LogP) is 16.8. The molecular formula is C50H28F12S4. The molecule has 0 bridgehead atoms. The zero-order valence-corrected chi connectivity index (χ0v) is 36.6. The third-order valence-corrected chi connectivity index (χ3v) is 17.2. The van der Waals surface area contributed by atoms with E-state index in [0.29, 0.717) is 22.3 Å². The molecule has 4 heterocycles. The molecule has 5 aliphatic rings. The predicted molar refractivity (Wildman–Crippen MR) is 240 cm³/mol. The van der Waals surface area contributed by atoms with Crippen LogP contribution in [-0.2, 0) is 9.49 Å². The van der Waals surface area contributed by atoms with Crippen LogP contribution in [0.1, 0.15) is 22.3 Å². The minimum Gasteiger partial charge on any atom is -0.194 e. The smallest absolute Gasteiger partial charge is 0.194 e. The SMILES string of the molecule is FC1(F)C(c2ccsc2-c2ccccc2)=C(c2ccsc2-c2ccccc2)C(F)(F)C1(F)F.FC1(F)C2=C3C=CSC3(c3ccccc3)C3(c4ccccc4)SC=CC3=C2C(F)(F)C1(F)F. The summed E-state index contributed by atoms with van der Waals surface area (Å²) >= 11 is 4.45. The van der Waals surface area contributed by atoms with Gasteiger partial charge < -0.3 is 0 Å². The lowest BCUT2D eigenvalue weighted by Crippen LogP contribution is -2.48. The Morgan fingerprint density at radius 2 is 0.636 bits per heavy atom. The molecule has 0 spiro atoms. The number of hydrogen-bond donors (Lipinski definition) is 0. The van der Waals surface area contributed by atoms with Crippen LogP contribution in [0, 0.1) is 0 Å². The maximum Gasteiger partial charge on any atom is 0.380 e. The highest BCUT2D eigenvalue weighted by Crippen LogP contribution is 2.78. The number of fused-ring (bicyclic) bond motifs is 4. The Labute approximate surface area is 385 Å². The highest BCUT2D eigenvalue weighted by atomic mass is 32.2. The van der Waals surface area contributed by atoms with Crippen molar-refractivity contribution in [2.24, 2.45) is 0 Å². The van der Waals surface area contributed by atoms with E-state index in [9.17, 15) is 17.6 Å². The van der Waals surface area contributed by atoms with Crippen molar-refractivity contribution in [1.82, 2.24) is 0 Å². The van der Waals surface area contributed by atoms with Crippen LogP contribution in [0.3, 0.4) is 0 Å². The summed E-state index contributed by atoms with van der Waals surface area (Å²) in [6.07, 6.45) is 2.61. The van der Waals surface area contributed by atoms with E-state index in [2.05, 4.69) is 0 Å². The highest BCUT2D eigenvalue weighted by Gasteiger charge is 2.85. The molecule has 1 saturated carbocycles. The Kier molecular flexibility index (Phi) is 10.3. The van der Waals surface area contributed by atoms with Crippen LogP contribution in [0.25, 0.3) is 32.0 Å². The van der Waals surface area contributed by atoms with Gasteiger partial charge >= 0.3 is 35.5 Å². The molecule has 0 amide bonds. The van der Waals surface area contributed by atoms with Gasteiger partial charge in [0.25, 0.3) is 0 Å². The minimum absolute atomic E-state index is 0.195. The number of rotatable bonds is 6. The fourth-order valence-corrected chi connectivity index (χ4v) is 14.4. The zero-order valence-electron chi connectivity index (χ0n) is 33.3. The summed E-state index contributed by atoms with van der Waals surface area (Å²) in [6.45, 7) is 0. The minimum atomic E-state index is -5.59. The Balaban J connectivity index is 0.000000155. The van der Waals surface area contributed by atoms with Crippen molar-refractivity contribution in [3.05, 3.63) is 212 Å². The Bertz CT molecular complexity index is 2840. The lowest BCUT2D eigenvalue weighted by molar-refractivity contribution is -0.258. The van der Waals surface area contributed by atoms with E-state index >= 15 is 35.1 Å². The third kappa shape index (κ3) is 5.70. The highest BCUT2D eigenvalue weighted by molar-refractivity contribution is 8.07. The van der Waals surface area contributed by atoms with E-state index < -0.39 is 67.3 Å². The lowest BCUT2D eigenvalue weighted by Gasteiger charge is -2.51. The van der Waals surface area contributed by atoms with Gasteiger partial charge in [-0.1, -0.05) is 133 Å². The average Bonchev–Trinajstić information content (AvgIpc) is 4.17. The lowest BCUT2D eigenvalue weighted by atomic mass is 9.65. The number of allylic oxidation sites excluding steroid dienone is 6. The molecule has 336 valence electrons. The van der Waals surface area contributed by atoms with Crippen LogP contribution in [0.5, 0.6) is 0 Å². The first-order chi connectivity index (χ1) is 31.3. The van der Waals surface area contributed by atoms with Crippen LogP contribution in [0.15, 0.2) is 189 Å². The first-order valence-electron chi connectivity index (χ1n) is 19.9. The van der Waals surface area contributed by atoms with Crippen molar-refractivity contribution in [1.29, 1.82) is 0 Å². The Hall–Kier alpha value is -5.16. The van der Waals surface area contributed by atoms with Crippen LogP contribution >= 0.6 is 46.2 Å². The van der Waals surface area contributed by atoms with Gasteiger partial charge in [0.05, 0.1) is 9.49 Å². The number of hydrogen-bond acceptors (Lipinski definition) is 4. The van der Waals surface area contributed by atoms with Gasteiger partial charge in [0.2, 0.25) is 0 Å². The van der Waals surface area contributed by atoms with E-state index in [0.717, 1.165) is 22.7 Å². The maximum absolute atomic E-state index is 15.3. The fourth-order valence-electron chi connectivity index (χ4n) is 9.54. The van der Waals surface area contributed by atoms with Crippen molar-refractivity contribution in [2.45, 2.75) is 45.0 Å². The van der Waals surface area contributed by atoms with Crippen LogP contribution in [-0.4, -0.2) is 35.5 Å². The van der Waals surface area contributed by atoms with Gasteiger partial charge in [-0.15, -0.1) is 46.2 Å². The van der Waals surface area contributed by atoms with Gasteiger partial charge in [-0.3, -0.25) is 0 Å². The summed E-state index contributed by atoms with van der Waals surface area (Å²) in [6, 6.07) is 36.4. The van der Waals surface area contributed by atoms with Crippen molar-refractivity contribution < 1.29 is 52.7 Å². The summed E-state index contributed by atoms with van der Waals surface area (Å²) in [5, 5.41) is 5.98. The second-order valence-electron chi connectivity index (χ2n) is 15.8. The summed E-state index contributed by atoms with van der Waals surface area (Å²) in [7, 11) is 0. The summed E-state index contributed by atoms with van der Waals surface area (Å²) in [5.41, 5.74) is -4.05. The molecule has 16 heteroatoms. The summed E-state index contributed by atoms with van der Waals surface area (Å²) in [4.78, 5) is 0.459. The van der Waals surface area contributed by atoms with E-state index in [1.807, 2.05) is 0 Å². The molecule has 1 fully saturated rings. The monoisotopic (exact) mass is 984 g/mol. The first-order valence-corrected chi connectivity index (χ1v) is 23.4. The second-order valence-corrected chi connectivity index (χ2v) is 19.8. The number of benzene rings is 4. The molecule has 2 atom stereocenters. The standard InChI is InChI=1S/2C25H14F6S2/c26-23(27)19-17-11-13-32-21(17,15-7-3-1-4-8-15)22(16-9-5-2-6-10-16)18(12-14-33-22)20(19)24(28,29)25(23,30)31;26-23(27)19(17-11-13-32-21(17)15-7-3-1-4-8-15)20(24(28,29)25(23,30)31)18-12-14-33-22(18)16-9-5-2-6-10-16/h2*1-14H. The third-order valence-electron chi connectivity index (χ3n) is 12.4. The molecule has 0 radical (unpaired) electrons. The molecule has 0 saturated heterocycles. The maximum atomic E-state index is 15.3. The molecule has 66 heavy (non-hydrogen) atoms. The van der Waals surface area contributed by atoms with E-state index in [1.54, 1.807) is 132 Å². The number of thiophene rings is 2. The molecule has 0 N–H and O–H groups in total. The molecule has 11 rings (SSSR count). The van der Waals surface area contributed by atoms with Gasteiger partial charge in [0, 0.05) is 43.2 Å². The number of halogens is 12. The molecule has 0 nitrogen and oxygen atoms in total. The van der Waals surface area contributed by atoms with E-state index in [4.69, 9.17) is 0 Å². The number of thioether (sulfide) groups is 2. The quantitative estimate of drug-likeness (QED) is 0.153. The largest absolute Gasteiger partial charge is 0.380 e. The van der Waals surface area contributed by atoms with Crippen molar-refractivity contribution in [2.75, 3.05) is 0 Å². The second kappa shape index (κ2) is 15.2. The van der Waals surface area contributed by atoms with Crippen LogP contribution in [0.2, 0.25) is 0 Å². The van der Waals surface area contributed by atoms with E-state index in [1.165, 1.54) is 58.6 Å². The van der Waals surface area contributed by atoms with Crippen molar-refractivity contribution in [3.63, 3.8) is 0 Å². The van der Waals surface area contributed by atoms with Crippen molar-refractivity contribution in [3.8, 4) is 20.9 Å². The summed E-state index contributed by atoms with van der Waals surface area (Å²) in [5.74, 6) is -31.4. The van der Waals surface area contributed by atoms with Crippen LogP contribution in [0.4, 0.5) is 52.7 Å². The van der Waals surface area contributed by atoms with Gasteiger partial charge in [-0.2, -0.15) is 52.7 Å². The van der Waals surface area contributed by atoms with Crippen molar-refractivity contribution >= 4 is 57.3 Å². The molecule has 2 aromatic heterocycles. The zero-order chi connectivity index (χ0) is 46.7. The molecule has 3 aliphatic carbocycles. The molecular weight excluding hydrogens is 957 g/mol. The van der Waals surface area contributed by atoms with Gasteiger partial charge in [-0.05, 0) is 67.1 Å². The van der Waals surface area contributed by atoms with Gasteiger partial charge in [-0.25, -0.2) is 0 Å². The fraction of sp³-hybridized carbons (Fsp3) is 0.160. The van der Waals surface area contributed by atoms with Gasteiger partial charge in [0.1, 0.15) is 0 Å². The van der Waals surface area contributed by atoms with Gasteiger partial charge in [0.15, 0.2) is 0 Å². The first kappa shape index (κ1) is 44.7. The average molecular weight is 985 g/mol. The number of alkyl halides is 12. The topological polar surface area (TPSA) is 0 Å².